The maximum absolute atomic E-state index is 13.0. The van der Waals surface area contributed by atoms with E-state index in [4.69, 9.17) is 25.8 Å². The zero-order valence-electron chi connectivity index (χ0n) is 30.2. The van der Waals surface area contributed by atoms with Gasteiger partial charge in [0.25, 0.3) is 11.8 Å². The number of anilines is 3. The second-order valence-corrected chi connectivity index (χ2v) is 14.1. The van der Waals surface area contributed by atoms with Crippen LogP contribution in [0.2, 0.25) is 5.02 Å². The molecule has 7 rings (SSSR count). The Bertz CT molecular complexity index is 2150. The van der Waals surface area contributed by atoms with Crippen molar-refractivity contribution in [2.24, 2.45) is 0 Å². The van der Waals surface area contributed by atoms with Gasteiger partial charge in [-0.25, -0.2) is 0 Å². The molecular formula is C38H37ClN6O11. The van der Waals surface area contributed by atoms with Crippen LogP contribution in [0, 0.1) is 10.1 Å². The molecule has 2 saturated heterocycles. The lowest BCUT2D eigenvalue weighted by molar-refractivity contribution is -0.386. The molecule has 0 bridgehead atoms. The molecule has 1 unspecified atom stereocenters. The van der Waals surface area contributed by atoms with Crippen LogP contribution < -0.4 is 25.0 Å². The third kappa shape index (κ3) is 7.85. The average Bonchev–Trinajstić information content (AvgIpc) is 3.42. The number of fused-ring (bicyclic) bond motifs is 2. The SMILES string of the molecule is CN1C(=O)CCc2cc(Nc3cc(OC4CCN(C(=O)COCCOc5ccc6c(c5)C(=O)N(C5CCC(=O)NC5=O)C6=O)CC4)c([N+](=O)[O-])cc3Cl)ccc21. The lowest BCUT2D eigenvalue weighted by Crippen LogP contribution is -2.54. The van der Waals surface area contributed by atoms with Gasteiger partial charge in [0.05, 0.1) is 33.4 Å². The number of imide groups is 2. The fraction of sp³-hybridized carbons (Fsp3) is 0.368. The van der Waals surface area contributed by atoms with Crippen LogP contribution in [0.3, 0.4) is 0 Å². The van der Waals surface area contributed by atoms with E-state index in [-0.39, 0.29) is 72.1 Å². The number of nitrogens with one attached hydrogen (secondary N) is 2. The van der Waals surface area contributed by atoms with Gasteiger partial charge in [-0.05, 0) is 54.8 Å². The highest BCUT2D eigenvalue weighted by atomic mass is 35.5. The number of carbonyl (C=O) groups excluding carboxylic acids is 6. The highest BCUT2D eigenvalue weighted by Crippen LogP contribution is 2.40. The molecule has 4 aliphatic rings. The molecule has 0 saturated carbocycles. The lowest BCUT2D eigenvalue weighted by atomic mass is 10.0. The number of piperidine rings is 2. The summed E-state index contributed by atoms with van der Waals surface area (Å²) in [7, 11) is 1.73. The first-order chi connectivity index (χ1) is 26.9. The number of nitrogens with zero attached hydrogens (tertiary/aromatic N) is 4. The molecule has 0 aliphatic carbocycles. The Morgan fingerprint density at radius 2 is 1.71 bits per heavy atom. The van der Waals surface area contributed by atoms with Gasteiger partial charge >= 0.3 is 5.69 Å². The molecule has 4 heterocycles. The van der Waals surface area contributed by atoms with E-state index in [1.54, 1.807) is 22.9 Å². The average molecular weight is 789 g/mol. The smallest absolute Gasteiger partial charge is 0.312 e. The molecule has 1 atom stereocenters. The molecule has 4 aliphatic heterocycles. The maximum atomic E-state index is 13.0. The van der Waals surface area contributed by atoms with Crippen LogP contribution in [0.5, 0.6) is 11.5 Å². The van der Waals surface area contributed by atoms with Gasteiger partial charge in [-0.2, -0.15) is 0 Å². The molecule has 56 heavy (non-hydrogen) atoms. The number of benzene rings is 3. The van der Waals surface area contributed by atoms with Crippen LogP contribution in [0.25, 0.3) is 0 Å². The second kappa shape index (κ2) is 16.0. The normalized spacial score (nSPS) is 18.4. The molecule has 18 heteroatoms. The quantitative estimate of drug-likeness (QED) is 0.116. The largest absolute Gasteiger partial charge is 0.491 e. The first-order valence-electron chi connectivity index (χ1n) is 18.0. The minimum absolute atomic E-state index is 0.0203. The Morgan fingerprint density at radius 1 is 0.946 bits per heavy atom. The number of likely N-dealkylation sites (tertiary alicyclic amines) is 1. The minimum Gasteiger partial charge on any atom is -0.491 e. The topological polar surface area (TPSA) is 207 Å². The Kier molecular flexibility index (Phi) is 10.9. The summed E-state index contributed by atoms with van der Waals surface area (Å²) in [6, 6.07) is 11.6. The van der Waals surface area contributed by atoms with Gasteiger partial charge < -0.3 is 29.3 Å². The lowest BCUT2D eigenvalue weighted by Gasteiger charge is -2.32. The number of carbonyl (C=O) groups is 6. The number of aryl methyl sites for hydroxylation is 1. The van der Waals surface area contributed by atoms with Crippen molar-refractivity contribution in [3.05, 3.63) is 80.4 Å². The molecule has 2 fully saturated rings. The van der Waals surface area contributed by atoms with E-state index in [9.17, 15) is 38.9 Å². The number of amides is 6. The number of nitro benzene ring substituents is 1. The standard InChI is InChI=1S/C38H37ClN6O11/c1-42-29-6-3-22(16-21(29)2-9-34(42)47)40-28-19-32(31(45(52)53)18-27(28)39)56-23-10-12-43(13-11-23)35(48)20-54-14-15-55-24-4-5-25-26(17-24)38(51)44(37(25)50)30-7-8-33(46)41-36(30)49/h3-6,16-19,23,30,40H,2,7-15,20H2,1H3,(H,41,46,49). The first-order valence-corrected chi connectivity index (χ1v) is 18.4. The highest BCUT2D eigenvalue weighted by molar-refractivity contribution is 6.33. The van der Waals surface area contributed by atoms with Crippen LogP contribution >= 0.6 is 11.6 Å². The highest BCUT2D eigenvalue weighted by Gasteiger charge is 2.44. The van der Waals surface area contributed by atoms with E-state index in [0.717, 1.165) is 16.2 Å². The Hall–Kier alpha value is -6.07. The van der Waals surface area contributed by atoms with Gasteiger partial charge in [0, 0.05) is 69.3 Å². The number of ether oxygens (including phenoxy) is 3. The summed E-state index contributed by atoms with van der Waals surface area (Å²) in [4.78, 5) is 90.2. The number of hydrogen-bond donors (Lipinski definition) is 2. The van der Waals surface area contributed by atoms with Gasteiger partial charge in [0.2, 0.25) is 23.6 Å². The van der Waals surface area contributed by atoms with Crippen molar-refractivity contribution < 1.29 is 47.9 Å². The number of halogens is 1. The zero-order valence-corrected chi connectivity index (χ0v) is 31.0. The first kappa shape index (κ1) is 38.2. The monoisotopic (exact) mass is 788 g/mol. The van der Waals surface area contributed by atoms with Crippen molar-refractivity contribution in [3.63, 3.8) is 0 Å². The molecule has 0 spiro atoms. The van der Waals surface area contributed by atoms with Crippen LogP contribution in [0.15, 0.2) is 48.5 Å². The van der Waals surface area contributed by atoms with Crippen LogP contribution in [-0.4, -0.2) is 102 Å². The van der Waals surface area contributed by atoms with E-state index < -0.39 is 40.7 Å². The summed E-state index contributed by atoms with van der Waals surface area (Å²) in [5.41, 5.74) is 2.86. The predicted octanol–water partition coefficient (Wildman–Crippen LogP) is 3.77. The molecular weight excluding hydrogens is 752 g/mol. The summed E-state index contributed by atoms with van der Waals surface area (Å²) >= 11 is 6.45. The summed E-state index contributed by atoms with van der Waals surface area (Å²) in [5.74, 6) is -2.28. The molecule has 17 nitrogen and oxygen atoms in total. The summed E-state index contributed by atoms with van der Waals surface area (Å²) in [6.45, 7) is 0.582. The van der Waals surface area contributed by atoms with Gasteiger partial charge in [0.1, 0.15) is 31.1 Å². The summed E-state index contributed by atoms with van der Waals surface area (Å²) < 4.78 is 17.3. The van der Waals surface area contributed by atoms with Gasteiger partial charge in [0.15, 0.2) is 5.75 Å². The fourth-order valence-electron chi connectivity index (χ4n) is 7.18. The van der Waals surface area contributed by atoms with Crippen LogP contribution in [-0.2, 0) is 30.3 Å². The van der Waals surface area contributed by atoms with Gasteiger partial charge in [-0.1, -0.05) is 11.6 Å². The predicted molar refractivity (Wildman–Crippen MR) is 199 cm³/mol. The molecule has 3 aromatic rings. The van der Waals surface area contributed by atoms with Gasteiger partial charge in [-0.15, -0.1) is 0 Å². The van der Waals surface area contributed by atoms with Crippen LogP contribution in [0.1, 0.15) is 58.4 Å². The zero-order chi connectivity index (χ0) is 39.7. The third-order valence-electron chi connectivity index (χ3n) is 10.2. The molecule has 0 aromatic heterocycles. The van der Waals surface area contributed by atoms with E-state index in [1.165, 1.54) is 30.3 Å². The van der Waals surface area contributed by atoms with Crippen molar-refractivity contribution in [3.8, 4) is 11.5 Å². The van der Waals surface area contributed by atoms with E-state index in [0.29, 0.717) is 55.9 Å². The Balaban J connectivity index is 0.871. The molecule has 6 amide bonds. The molecule has 3 aromatic carbocycles. The molecule has 292 valence electrons. The summed E-state index contributed by atoms with van der Waals surface area (Å²) in [6.07, 6.45) is 1.52. The van der Waals surface area contributed by atoms with E-state index in [2.05, 4.69) is 10.6 Å². The van der Waals surface area contributed by atoms with Crippen molar-refractivity contribution in [1.82, 2.24) is 15.1 Å². The second-order valence-electron chi connectivity index (χ2n) is 13.7. The molecule has 0 radical (unpaired) electrons. The number of nitro groups is 1. The van der Waals surface area contributed by atoms with Crippen molar-refractivity contribution >= 4 is 69.8 Å². The number of rotatable bonds is 12. The van der Waals surface area contributed by atoms with Crippen molar-refractivity contribution in [2.75, 3.05) is 50.2 Å². The minimum atomic E-state index is -1.07. The fourth-order valence-corrected chi connectivity index (χ4v) is 7.38. The van der Waals surface area contributed by atoms with Crippen molar-refractivity contribution in [2.45, 2.75) is 50.7 Å². The van der Waals surface area contributed by atoms with Gasteiger partial charge in [-0.3, -0.25) is 49.1 Å². The van der Waals surface area contributed by atoms with Crippen LogP contribution in [0.4, 0.5) is 22.7 Å². The Labute approximate surface area is 324 Å². The Morgan fingerprint density at radius 3 is 2.46 bits per heavy atom. The maximum Gasteiger partial charge on any atom is 0.312 e. The molecule has 2 N–H and O–H groups in total. The summed E-state index contributed by atoms with van der Waals surface area (Å²) in [5, 5.41) is 17.4. The number of hydrogen-bond acceptors (Lipinski definition) is 12. The van der Waals surface area contributed by atoms with Crippen molar-refractivity contribution in [1.29, 1.82) is 0 Å². The van der Waals surface area contributed by atoms with E-state index in [1.807, 2.05) is 12.1 Å². The third-order valence-corrected chi connectivity index (χ3v) is 10.5. The van der Waals surface area contributed by atoms with E-state index >= 15 is 0 Å².